The first-order valence-corrected chi connectivity index (χ1v) is 8.86. The van der Waals surface area contributed by atoms with Crippen LogP contribution >= 0.6 is 11.8 Å². The van der Waals surface area contributed by atoms with Crippen LogP contribution in [0.1, 0.15) is 32.2 Å². The number of carbonyl (C=O) groups excluding carboxylic acids is 1. The Morgan fingerprint density at radius 3 is 2.83 bits per heavy atom. The van der Waals surface area contributed by atoms with Gasteiger partial charge in [-0.05, 0) is 37.5 Å². The van der Waals surface area contributed by atoms with Crippen LogP contribution in [0.4, 0.5) is 0 Å². The van der Waals surface area contributed by atoms with Gasteiger partial charge in [-0.1, -0.05) is 37.7 Å². The molecule has 7 heteroatoms. The molecule has 0 aliphatic heterocycles. The summed E-state index contributed by atoms with van der Waals surface area (Å²) in [6, 6.07) is 7.88. The van der Waals surface area contributed by atoms with Crippen LogP contribution in [-0.2, 0) is 11.4 Å². The molecular formula is C17H23N3O3S. The summed E-state index contributed by atoms with van der Waals surface area (Å²) < 4.78 is 11.1. The third-order valence-electron chi connectivity index (χ3n) is 3.52. The normalized spacial score (nSPS) is 12.2. The van der Waals surface area contributed by atoms with Crippen molar-refractivity contribution in [2.24, 2.45) is 5.92 Å². The standard InChI is InChI=1S/C17H23N3O3S/c1-11(2)13(4)18-15(21)10-24-17-20-19-16(23-17)9-22-14-7-5-6-12(3)8-14/h5-8,11,13H,9-10H2,1-4H3,(H,18,21). The Hall–Kier alpha value is -2.02. The quantitative estimate of drug-likeness (QED) is 0.738. The number of aromatic nitrogens is 2. The number of amides is 1. The largest absolute Gasteiger partial charge is 0.484 e. The number of nitrogens with one attached hydrogen (secondary N) is 1. The molecule has 0 saturated carbocycles. The molecule has 0 aliphatic carbocycles. The minimum absolute atomic E-state index is 0.0445. The number of benzene rings is 1. The van der Waals surface area contributed by atoms with Gasteiger partial charge < -0.3 is 14.5 Å². The highest BCUT2D eigenvalue weighted by Gasteiger charge is 2.13. The molecule has 0 fully saturated rings. The van der Waals surface area contributed by atoms with Crippen LogP contribution in [0.5, 0.6) is 5.75 Å². The summed E-state index contributed by atoms with van der Waals surface area (Å²) in [6.45, 7) is 8.32. The van der Waals surface area contributed by atoms with Gasteiger partial charge in [-0.15, -0.1) is 10.2 Å². The molecule has 1 aromatic carbocycles. The van der Waals surface area contributed by atoms with E-state index in [2.05, 4.69) is 29.4 Å². The summed E-state index contributed by atoms with van der Waals surface area (Å²) >= 11 is 1.22. The summed E-state index contributed by atoms with van der Waals surface area (Å²) in [4.78, 5) is 11.8. The molecule has 1 N–H and O–H groups in total. The maximum atomic E-state index is 11.8. The lowest BCUT2D eigenvalue weighted by Gasteiger charge is -2.16. The number of carbonyl (C=O) groups is 1. The van der Waals surface area contributed by atoms with Gasteiger partial charge in [-0.2, -0.15) is 0 Å². The summed E-state index contributed by atoms with van der Waals surface area (Å²) in [5, 5.41) is 11.1. The average molecular weight is 349 g/mol. The van der Waals surface area contributed by atoms with Gasteiger partial charge in [0.1, 0.15) is 5.75 Å². The molecule has 2 aromatic rings. The molecule has 0 saturated heterocycles. The number of ether oxygens (including phenoxy) is 1. The lowest BCUT2D eigenvalue weighted by Crippen LogP contribution is -2.37. The molecule has 24 heavy (non-hydrogen) atoms. The van der Waals surface area contributed by atoms with Crippen molar-refractivity contribution in [2.45, 2.75) is 45.6 Å². The van der Waals surface area contributed by atoms with Crippen molar-refractivity contribution in [1.82, 2.24) is 15.5 Å². The number of thioether (sulfide) groups is 1. The van der Waals surface area contributed by atoms with Crippen LogP contribution in [0, 0.1) is 12.8 Å². The fourth-order valence-electron chi connectivity index (χ4n) is 1.79. The Morgan fingerprint density at radius 1 is 1.33 bits per heavy atom. The Labute approximate surface area is 146 Å². The van der Waals surface area contributed by atoms with E-state index in [9.17, 15) is 4.79 Å². The second-order valence-electron chi connectivity index (χ2n) is 5.96. The Balaban J connectivity index is 1.77. The first kappa shape index (κ1) is 18.3. The molecule has 1 aromatic heterocycles. The summed E-state index contributed by atoms with van der Waals surface area (Å²) in [5.41, 5.74) is 1.12. The Morgan fingerprint density at radius 2 is 2.12 bits per heavy atom. The fraction of sp³-hybridized carbons (Fsp3) is 0.471. The van der Waals surface area contributed by atoms with Crippen molar-refractivity contribution in [3.63, 3.8) is 0 Å². The maximum Gasteiger partial charge on any atom is 0.277 e. The monoisotopic (exact) mass is 349 g/mol. The maximum absolute atomic E-state index is 11.8. The molecule has 6 nitrogen and oxygen atoms in total. The molecule has 1 atom stereocenters. The zero-order valence-corrected chi connectivity index (χ0v) is 15.2. The molecule has 1 unspecified atom stereocenters. The van der Waals surface area contributed by atoms with Crippen molar-refractivity contribution in [1.29, 1.82) is 0 Å². The minimum atomic E-state index is -0.0445. The van der Waals surface area contributed by atoms with Gasteiger partial charge in [0.15, 0.2) is 6.61 Å². The summed E-state index contributed by atoms with van der Waals surface area (Å²) in [6.07, 6.45) is 0. The van der Waals surface area contributed by atoms with Crippen LogP contribution in [0.3, 0.4) is 0 Å². The van der Waals surface area contributed by atoms with E-state index in [-0.39, 0.29) is 24.3 Å². The predicted octanol–water partition coefficient (Wildman–Crippen LogP) is 3.21. The second-order valence-corrected chi connectivity index (χ2v) is 6.88. The third-order valence-corrected chi connectivity index (χ3v) is 4.33. The molecular weight excluding hydrogens is 326 g/mol. The molecule has 1 amide bonds. The Bertz CT molecular complexity index is 673. The summed E-state index contributed by atoms with van der Waals surface area (Å²) in [7, 11) is 0. The molecule has 130 valence electrons. The highest BCUT2D eigenvalue weighted by molar-refractivity contribution is 7.99. The van der Waals surface area contributed by atoms with Crippen molar-refractivity contribution in [3.05, 3.63) is 35.7 Å². The Kier molecular flexibility index (Phi) is 6.66. The van der Waals surface area contributed by atoms with Crippen LogP contribution in [0.25, 0.3) is 0 Å². The van der Waals surface area contributed by atoms with Crippen molar-refractivity contribution in [3.8, 4) is 5.75 Å². The van der Waals surface area contributed by atoms with Gasteiger partial charge in [0.25, 0.3) is 11.1 Å². The zero-order chi connectivity index (χ0) is 17.5. The van der Waals surface area contributed by atoms with E-state index in [1.165, 1.54) is 11.8 Å². The van der Waals surface area contributed by atoms with E-state index in [0.717, 1.165) is 11.3 Å². The predicted molar refractivity (Wildman–Crippen MR) is 93.0 cm³/mol. The van der Waals surface area contributed by atoms with Crippen molar-refractivity contribution < 1.29 is 13.9 Å². The van der Waals surface area contributed by atoms with E-state index in [1.54, 1.807) is 0 Å². The van der Waals surface area contributed by atoms with Crippen LogP contribution < -0.4 is 10.1 Å². The highest BCUT2D eigenvalue weighted by Crippen LogP contribution is 2.18. The van der Waals surface area contributed by atoms with Gasteiger partial charge in [-0.3, -0.25) is 4.79 Å². The minimum Gasteiger partial charge on any atom is -0.484 e. The number of hydrogen-bond acceptors (Lipinski definition) is 6. The van der Waals surface area contributed by atoms with Crippen molar-refractivity contribution in [2.75, 3.05) is 5.75 Å². The van der Waals surface area contributed by atoms with E-state index in [1.807, 2.05) is 38.1 Å². The smallest absolute Gasteiger partial charge is 0.277 e. The molecule has 0 radical (unpaired) electrons. The van der Waals surface area contributed by atoms with E-state index in [4.69, 9.17) is 9.15 Å². The molecule has 0 aliphatic rings. The lowest BCUT2D eigenvalue weighted by molar-refractivity contribution is -0.119. The van der Waals surface area contributed by atoms with Crippen LogP contribution in [-0.4, -0.2) is 27.9 Å². The fourth-order valence-corrected chi connectivity index (χ4v) is 2.39. The van der Waals surface area contributed by atoms with Crippen molar-refractivity contribution >= 4 is 17.7 Å². The van der Waals surface area contributed by atoms with E-state index >= 15 is 0 Å². The number of rotatable bonds is 8. The van der Waals surface area contributed by atoms with Crippen LogP contribution in [0.2, 0.25) is 0 Å². The van der Waals surface area contributed by atoms with Gasteiger partial charge in [-0.25, -0.2) is 0 Å². The number of hydrogen-bond donors (Lipinski definition) is 1. The van der Waals surface area contributed by atoms with Gasteiger partial charge >= 0.3 is 0 Å². The van der Waals surface area contributed by atoms with E-state index < -0.39 is 0 Å². The van der Waals surface area contributed by atoms with Gasteiger partial charge in [0.05, 0.1) is 5.75 Å². The van der Waals surface area contributed by atoms with Crippen LogP contribution in [0.15, 0.2) is 33.9 Å². The lowest BCUT2D eigenvalue weighted by atomic mass is 10.1. The molecule has 2 rings (SSSR count). The van der Waals surface area contributed by atoms with E-state index in [0.29, 0.717) is 17.0 Å². The molecule has 0 spiro atoms. The third kappa shape index (κ3) is 5.88. The zero-order valence-electron chi connectivity index (χ0n) is 14.4. The molecule has 1 heterocycles. The highest BCUT2D eigenvalue weighted by atomic mass is 32.2. The first-order chi connectivity index (χ1) is 11.4. The van der Waals surface area contributed by atoms with Gasteiger partial charge in [0, 0.05) is 6.04 Å². The second kappa shape index (κ2) is 8.73. The SMILES string of the molecule is Cc1cccc(OCc2nnc(SCC(=O)NC(C)C(C)C)o2)c1. The summed E-state index contributed by atoms with van der Waals surface area (Å²) in [5.74, 6) is 1.74. The number of aryl methyl sites for hydroxylation is 1. The first-order valence-electron chi connectivity index (χ1n) is 7.88. The number of nitrogens with zero attached hydrogens (tertiary/aromatic N) is 2. The molecule has 0 bridgehead atoms. The topological polar surface area (TPSA) is 77.2 Å². The van der Waals surface area contributed by atoms with Gasteiger partial charge in [0.2, 0.25) is 5.91 Å². The average Bonchev–Trinajstić information content (AvgIpc) is 2.99.